The van der Waals surface area contributed by atoms with E-state index in [1.54, 1.807) is 0 Å². The predicted molar refractivity (Wildman–Crippen MR) is 312 cm³/mol. The van der Waals surface area contributed by atoms with Gasteiger partial charge in [0.05, 0.1) is 0 Å². The Labute approximate surface area is 424 Å². The Morgan fingerprint density at radius 1 is 0.222 bits per heavy atom. The summed E-state index contributed by atoms with van der Waals surface area (Å²) in [4.78, 5) is 4.83. The van der Waals surface area contributed by atoms with Gasteiger partial charge >= 0.3 is 0 Å². The van der Waals surface area contributed by atoms with Crippen LogP contribution in [-0.2, 0) is 10.8 Å². The molecule has 348 valence electrons. The first kappa shape index (κ1) is 44.7. The molecule has 0 aromatic heterocycles. The molecule has 0 aliphatic heterocycles. The quantitative estimate of drug-likeness (QED) is 0.140. The van der Waals surface area contributed by atoms with Crippen LogP contribution in [0, 0.1) is 0 Å². The van der Waals surface area contributed by atoms with E-state index >= 15 is 0 Å². The molecule has 0 saturated carbocycles. The maximum Gasteiger partial charge on any atom is 0.0468 e. The minimum absolute atomic E-state index is 0.0466. The van der Waals surface area contributed by atoms with Crippen LogP contribution in [0.15, 0.2) is 243 Å². The van der Waals surface area contributed by atoms with Crippen molar-refractivity contribution < 1.29 is 0 Å². The van der Waals surface area contributed by atoms with Crippen LogP contribution in [0.4, 0.5) is 34.1 Å². The van der Waals surface area contributed by atoms with E-state index in [0.717, 1.165) is 34.1 Å². The molecule has 0 unspecified atom stereocenters. The fourth-order valence-electron chi connectivity index (χ4n) is 10.9. The smallest absolute Gasteiger partial charge is 0.0468 e. The zero-order chi connectivity index (χ0) is 49.1. The number of hydrogen-bond donors (Lipinski definition) is 0. The Kier molecular flexibility index (Phi) is 11.0. The number of rotatable bonds is 8. The summed E-state index contributed by atoms with van der Waals surface area (Å²) in [7, 11) is 0. The third-order valence-corrected chi connectivity index (χ3v) is 14.7. The Morgan fingerprint density at radius 3 is 0.819 bits per heavy atom. The topological polar surface area (TPSA) is 6.48 Å². The van der Waals surface area contributed by atoms with Crippen LogP contribution in [0.25, 0.3) is 76.1 Å². The van der Waals surface area contributed by atoms with Crippen molar-refractivity contribution in [2.45, 2.75) is 52.4 Å². The van der Waals surface area contributed by atoms with Crippen LogP contribution >= 0.6 is 0 Å². The maximum atomic E-state index is 2.42. The van der Waals surface area contributed by atoms with Gasteiger partial charge < -0.3 is 9.80 Å². The monoisotopic (exact) mass is 926 g/mol. The molecule has 2 nitrogen and oxygen atoms in total. The Balaban J connectivity index is 1.05. The summed E-state index contributed by atoms with van der Waals surface area (Å²) in [6, 6.07) is 89.9. The van der Waals surface area contributed by atoms with E-state index in [1.165, 1.54) is 87.2 Å². The Morgan fingerprint density at radius 2 is 0.486 bits per heavy atom. The molecule has 0 amide bonds. The van der Waals surface area contributed by atoms with Gasteiger partial charge in [-0.1, -0.05) is 211 Å². The second-order valence-corrected chi connectivity index (χ2v) is 21.4. The lowest BCUT2D eigenvalue weighted by atomic mass is 9.86. The fraction of sp³-hybridized carbons (Fsp3) is 0.114. The van der Waals surface area contributed by atoms with Crippen LogP contribution < -0.4 is 9.80 Å². The van der Waals surface area contributed by atoms with E-state index < -0.39 is 0 Å². The predicted octanol–water partition coefficient (Wildman–Crippen LogP) is 20.3. The van der Waals surface area contributed by atoms with E-state index in [0.29, 0.717) is 0 Å². The lowest BCUT2D eigenvalue weighted by Gasteiger charge is -2.28. The lowest BCUT2D eigenvalue weighted by Crippen LogP contribution is -2.13. The molecular weight excluding hydrogens is 869 g/mol. The molecule has 12 rings (SSSR count). The van der Waals surface area contributed by atoms with Crippen molar-refractivity contribution >= 4 is 88.0 Å². The number of anilines is 6. The summed E-state index contributed by atoms with van der Waals surface area (Å²) in [5.41, 5.74) is 14.2. The first-order chi connectivity index (χ1) is 35.0. The van der Waals surface area contributed by atoms with Crippen LogP contribution in [-0.4, -0.2) is 0 Å². The first-order valence-corrected chi connectivity index (χ1v) is 25.3. The van der Waals surface area contributed by atoms with Crippen molar-refractivity contribution in [2.24, 2.45) is 0 Å². The van der Waals surface area contributed by atoms with E-state index in [-0.39, 0.29) is 10.8 Å². The molecule has 0 radical (unpaired) electrons. The van der Waals surface area contributed by atoms with Gasteiger partial charge in [-0.05, 0) is 171 Å². The molecule has 0 aliphatic carbocycles. The van der Waals surface area contributed by atoms with E-state index in [4.69, 9.17) is 0 Å². The van der Waals surface area contributed by atoms with Gasteiger partial charge in [0.25, 0.3) is 0 Å². The molecular formula is C70H58N2. The van der Waals surface area contributed by atoms with Gasteiger partial charge in [0.2, 0.25) is 0 Å². The summed E-state index contributed by atoms with van der Waals surface area (Å²) in [5, 5.41) is 12.5. The molecule has 12 aromatic carbocycles. The van der Waals surface area contributed by atoms with Crippen LogP contribution in [0.1, 0.15) is 52.7 Å². The molecule has 0 heterocycles. The normalized spacial score (nSPS) is 12.0. The van der Waals surface area contributed by atoms with Crippen molar-refractivity contribution in [1.82, 2.24) is 0 Å². The van der Waals surface area contributed by atoms with Crippen molar-refractivity contribution in [3.05, 3.63) is 254 Å². The summed E-state index contributed by atoms with van der Waals surface area (Å²) in [5.74, 6) is 0. The lowest BCUT2D eigenvalue weighted by molar-refractivity contribution is 0.590. The van der Waals surface area contributed by atoms with Gasteiger partial charge in [0.1, 0.15) is 0 Å². The SMILES string of the molecule is CC(C)(C)c1ccc(N(c2ccc(-c3ccccc3)cc2)c2ccc3c(c2)c2ccccc2c2c4ccc(N(c5ccc(-c6ccccc6)cc5)c5ccc(C(C)(C)C)cc5)cc4c4ccccc4c32)cc1. The number of nitrogens with zero attached hydrogens (tertiary/aromatic N) is 2. The fourth-order valence-corrected chi connectivity index (χ4v) is 10.9. The zero-order valence-electron chi connectivity index (χ0n) is 42.0. The summed E-state index contributed by atoms with van der Waals surface area (Å²) >= 11 is 0. The van der Waals surface area contributed by atoms with Crippen molar-refractivity contribution in [1.29, 1.82) is 0 Å². The molecule has 0 aliphatic rings. The molecule has 0 atom stereocenters. The number of benzene rings is 12. The minimum atomic E-state index is 0.0466. The molecule has 2 heteroatoms. The van der Waals surface area contributed by atoms with Crippen molar-refractivity contribution in [3.8, 4) is 22.3 Å². The number of fused-ring (bicyclic) bond motifs is 11. The molecule has 0 spiro atoms. The minimum Gasteiger partial charge on any atom is -0.310 e. The molecule has 0 saturated heterocycles. The standard InChI is InChI=1S/C70H58N2/c1-69(2,3)51-29-37-55(38-30-51)71(53-33-25-49(26-34-53)47-17-9-7-10-18-47)57-41-43-63-65(45-57)59-21-13-15-23-61(59)68-64-44-42-58(46-66(64)60-22-14-16-24-62(60)67(63)68)72(56-39-31-52(32-40-56)70(4,5)6)54-35-27-50(28-36-54)48-19-11-8-12-20-48/h7-46H,1-6H3. The highest BCUT2D eigenvalue weighted by Gasteiger charge is 2.23. The maximum absolute atomic E-state index is 2.42. The summed E-state index contributed by atoms with van der Waals surface area (Å²) in [6.45, 7) is 13.7. The Bertz CT molecular complexity index is 3670. The van der Waals surface area contributed by atoms with Gasteiger partial charge in [-0.15, -0.1) is 0 Å². The van der Waals surface area contributed by atoms with E-state index in [9.17, 15) is 0 Å². The van der Waals surface area contributed by atoms with Gasteiger partial charge in [-0.2, -0.15) is 0 Å². The highest BCUT2D eigenvalue weighted by molar-refractivity contribution is 6.39. The average Bonchev–Trinajstić information content (AvgIpc) is 3.41. The average molecular weight is 927 g/mol. The largest absolute Gasteiger partial charge is 0.310 e. The van der Waals surface area contributed by atoms with E-state index in [1.807, 2.05) is 0 Å². The zero-order valence-corrected chi connectivity index (χ0v) is 42.0. The highest BCUT2D eigenvalue weighted by atomic mass is 15.1. The molecule has 72 heavy (non-hydrogen) atoms. The Hall–Kier alpha value is -8.46. The van der Waals surface area contributed by atoms with Gasteiger partial charge in [0, 0.05) is 34.1 Å². The van der Waals surface area contributed by atoms with Gasteiger partial charge in [0.15, 0.2) is 0 Å². The van der Waals surface area contributed by atoms with E-state index in [2.05, 4.69) is 294 Å². The van der Waals surface area contributed by atoms with Crippen LogP contribution in [0.5, 0.6) is 0 Å². The molecule has 0 N–H and O–H groups in total. The third-order valence-electron chi connectivity index (χ3n) is 14.7. The third kappa shape index (κ3) is 8.04. The summed E-state index contributed by atoms with van der Waals surface area (Å²) < 4.78 is 0. The van der Waals surface area contributed by atoms with Gasteiger partial charge in [-0.25, -0.2) is 0 Å². The summed E-state index contributed by atoms with van der Waals surface area (Å²) in [6.07, 6.45) is 0. The first-order valence-electron chi connectivity index (χ1n) is 25.3. The van der Waals surface area contributed by atoms with Gasteiger partial charge in [-0.3, -0.25) is 0 Å². The van der Waals surface area contributed by atoms with Crippen molar-refractivity contribution in [3.63, 3.8) is 0 Å². The molecule has 0 fully saturated rings. The molecule has 12 aromatic rings. The van der Waals surface area contributed by atoms with Crippen molar-refractivity contribution in [2.75, 3.05) is 9.80 Å². The van der Waals surface area contributed by atoms with Crippen LogP contribution in [0.2, 0.25) is 0 Å². The highest BCUT2D eigenvalue weighted by Crippen LogP contribution is 2.48. The second kappa shape index (κ2) is 17.7. The second-order valence-electron chi connectivity index (χ2n) is 21.4. The van der Waals surface area contributed by atoms with Crippen LogP contribution in [0.3, 0.4) is 0 Å². The molecule has 0 bridgehead atoms. The number of hydrogen-bond acceptors (Lipinski definition) is 2.